The van der Waals surface area contributed by atoms with E-state index in [0.29, 0.717) is 6.61 Å². The van der Waals surface area contributed by atoms with Crippen molar-refractivity contribution in [2.75, 3.05) is 12.3 Å². The van der Waals surface area contributed by atoms with Crippen LogP contribution >= 0.6 is 15.9 Å². The summed E-state index contributed by atoms with van der Waals surface area (Å²) in [4.78, 5) is 11.3. The van der Waals surface area contributed by atoms with E-state index in [4.69, 9.17) is 10.5 Å². The fourth-order valence-corrected chi connectivity index (χ4v) is 1.76. The Hall–Kier alpha value is -1.03. The number of rotatable bonds is 3. The van der Waals surface area contributed by atoms with Gasteiger partial charge in [-0.05, 0) is 31.0 Å². The number of esters is 1. The van der Waals surface area contributed by atoms with E-state index in [2.05, 4.69) is 15.9 Å². The molecule has 3 nitrogen and oxygen atoms in total. The van der Waals surface area contributed by atoms with Gasteiger partial charge in [0, 0.05) is 10.2 Å². The summed E-state index contributed by atoms with van der Waals surface area (Å²) in [5.74, 6) is -0.220. The fraction of sp³-hybridized carbons (Fsp3) is 0.364. The molecular weight excluding hydrogens is 258 g/mol. The lowest BCUT2D eigenvalue weighted by Crippen LogP contribution is -2.08. The molecule has 0 bridgehead atoms. The predicted molar refractivity (Wildman–Crippen MR) is 63.6 cm³/mol. The van der Waals surface area contributed by atoms with Crippen molar-refractivity contribution in [1.29, 1.82) is 0 Å². The SMILES string of the molecule is CCOC(=O)Cc1ccc(N)c(C)c1Br. The van der Waals surface area contributed by atoms with Crippen molar-refractivity contribution in [3.05, 3.63) is 27.7 Å². The predicted octanol–water partition coefficient (Wildman–Crippen LogP) is 2.45. The first kappa shape index (κ1) is 12.0. The highest BCUT2D eigenvalue weighted by molar-refractivity contribution is 9.10. The van der Waals surface area contributed by atoms with Crippen molar-refractivity contribution in [3.63, 3.8) is 0 Å². The monoisotopic (exact) mass is 271 g/mol. The molecule has 1 aromatic rings. The van der Waals surface area contributed by atoms with Gasteiger partial charge in [-0.1, -0.05) is 22.0 Å². The summed E-state index contributed by atoms with van der Waals surface area (Å²) in [5, 5.41) is 0. The Morgan fingerprint density at radius 2 is 2.20 bits per heavy atom. The van der Waals surface area contributed by atoms with Crippen molar-refractivity contribution < 1.29 is 9.53 Å². The van der Waals surface area contributed by atoms with E-state index < -0.39 is 0 Å². The molecule has 2 N–H and O–H groups in total. The summed E-state index contributed by atoms with van der Waals surface area (Å²) in [7, 11) is 0. The molecule has 0 spiro atoms. The van der Waals surface area contributed by atoms with Gasteiger partial charge in [-0.15, -0.1) is 0 Å². The molecule has 0 unspecified atom stereocenters. The number of benzene rings is 1. The third-order valence-electron chi connectivity index (χ3n) is 2.15. The van der Waals surface area contributed by atoms with Gasteiger partial charge in [0.05, 0.1) is 13.0 Å². The van der Waals surface area contributed by atoms with Crippen LogP contribution in [0.2, 0.25) is 0 Å². The normalized spacial score (nSPS) is 10.1. The Balaban J connectivity index is 2.87. The van der Waals surface area contributed by atoms with E-state index >= 15 is 0 Å². The van der Waals surface area contributed by atoms with Crippen molar-refractivity contribution >= 4 is 27.6 Å². The van der Waals surface area contributed by atoms with Gasteiger partial charge in [0.1, 0.15) is 0 Å². The fourth-order valence-electron chi connectivity index (χ4n) is 1.26. The number of hydrogen-bond acceptors (Lipinski definition) is 3. The second kappa shape index (κ2) is 5.16. The highest BCUT2D eigenvalue weighted by Gasteiger charge is 2.10. The quantitative estimate of drug-likeness (QED) is 0.679. The molecule has 4 heteroatoms. The first-order valence-corrected chi connectivity index (χ1v) is 5.54. The van der Waals surface area contributed by atoms with Gasteiger partial charge < -0.3 is 10.5 Å². The van der Waals surface area contributed by atoms with Gasteiger partial charge in [-0.3, -0.25) is 4.79 Å². The molecule has 82 valence electrons. The van der Waals surface area contributed by atoms with Crippen LogP contribution in [0.1, 0.15) is 18.1 Å². The third kappa shape index (κ3) is 2.96. The molecule has 0 amide bonds. The van der Waals surface area contributed by atoms with E-state index in [-0.39, 0.29) is 12.4 Å². The van der Waals surface area contributed by atoms with Crippen molar-refractivity contribution in [3.8, 4) is 0 Å². The van der Waals surface area contributed by atoms with Crippen LogP contribution in [0.5, 0.6) is 0 Å². The van der Waals surface area contributed by atoms with Gasteiger partial charge in [0.25, 0.3) is 0 Å². The van der Waals surface area contributed by atoms with Crippen LogP contribution in [0.15, 0.2) is 16.6 Å². The first-order chi connectivity index (χ1) is 7.06. The molecule has 0 aliphatic rings. The first-order valence-electron chi connectivity index (χ1n) is 4.75. The third-order valence-corrected chi connectivity index (χ3v) is 3.25. The maximum Gasteiger partial charge on any atom is 0.310 e. The number of nitrogens with two attached hydrogens (primary N) is 1. The van der Waals surface area contributed by atoms with E-state index in [9.17, 15) is 4.79 Å². The number of nitrogen functional groups attached to an aromatic ring is 1. The Bertz CT molecular complexity index is 377. The van der Waals surface area contributed by atoms with Crippen LogP contribution in [0, 0.1) is 6.92 Å². The van der Waals surface area contributed by atoms with Crippen LogP contribution in [0.25, 0.3) is 0 Å². The van der Waals surface area contributed by atoms with Gasteiger partial charge in [-0.25, -0.2) is 0 Å². The number of carbonyl (C=O) groups is 1. The second-order valence-electron chi connectivity index (χ2n) is 3.23. The lowest BCUT2D eigenvalue weighted by atomic mass is 10.1. The molecule has 0 saturated heterocycles. The molecule has 1 aromatic carbocycles. The molecular formula is C11H14BrNO2. The smallest absolute Gasteiger partial charge is 0.310 e. The Morgan fingerprint density at radius 3 is 2.80 bits per heavy atom. The number of hydrogen-bond donors (Lipinski definition) is 1. The molecule has 0 aromatic heterocycles. The standard InChI is InChI=1S/C11H14BrNO2/c1-3-15-10(14)6-8-4-5-9(13)7(2)11(8)12/h4-5H,3,6,13H2,1-2H3. The maximum atomic E-state index is 11.3. The van der Waals surface area contributed by atoms with Crippen LogP contribution in [-0.2, 0) is 16.0 Å². The molecule has 0 fully saturated rings. The minimum atomic E-state index is -0.220. The Kier molecular flexibility index (Phi) is 4.15. The molecule has 0 atom stereocenters. The van der Waals surface area contributed by atoms with Gasteiger partial charge in [0.15, 0.2) is 0 Å². The van der Waals surface area contributed by atoms with E-state index in [1.54, 1.807) is 13.0 Å². The average Bonchev–Trinajstić information content (AvgIpc) is 2.20. The second-order valence-corrected chi connectivity index (χ2v) is 4.03. The largest absolute Gasteiger partial charge is 0.466 e. The summed E-state index contributed by atoms with van der Waals surface area (Å²) in [6.45, 7) is 4.11. The van der Waals surface area contributed by atoms with E-state index in [1.807, 2.05) is 13.0 Å². The molecule has 0 aliphatic heterocycles. The molecule has 0 aliphatic carbocycles. The minimum absolute atomic E-state index is 0.220. The summed E-state index contributed by atoms with van der Waals surface area (Å²) in [6.07, 6.45) is 0.273. The van der Waals surface area contributed by atoms with E-state index in [1.165, 1.54) is 0 Å². The zero-order valence-corrected chi connectivity index (χ0v) is 10.4. The molecule has 15 heavy (non-hydrogen) atoms. The Labute approximate surface area is 97.7 Å². The van der Waals surface area contributed by atoms with Crippen LogP contribution in [0.3, 0.4) is 0 Å². The number of carbonyl (C=O) groups excluding carboxylic acids is 1. The molecule has 0 saturated carbocycles. The zero-order chi connectivity index (χ0) is 11.4. The number of ether oxygens (including phenoxy) is 1. The van der Waals surface area contributed by atoms with Gasteiger partial charge >= 0.3 is 5.97 Å². The molecule has 1 rings (SSSR count). The van der Waals surface area contributed by atoms with Gasteiger partial charge in [0.2, 0.25) is 0 Å². The van der Waals surface area contributed by atoms with Crippen LogP contribution < -0.4 is 5.73 Å². The highest BCUT2D eigenvalue weighted by Crippen LogP contribution is 2.26. The minimum Gasteiger partial charge on any atom is -0.466 e. The van der Waals surface area contributed by atoms with E-state index in [0.717, 1.165) is 21.3 Å². The van der Waals surface area contributed by atoms with Crippen molar-refractivity contribution in [1.82, 2.24) is 0 Å². The highest BCUT2D eigenvalue weighted by atomic mass is 79.9. The summed E-state index contributed by atoms with van der Waals surface area (Å²) >= 11 is 3.42. The number of halogens is 1. The molecule has 0 heterocycles. The Morgan fingerprint density at radius 1 is 1.53 bits per heavy atom. The van der Waals surface area contributed by atoms with Gasteiger partial charge in [-0.2, -0.15) is 0 Å². The lowest BCUT2D eigenvalue weighted by Gasteiger charge is -2.08. The topological polar surface area (TPSA) is 52.3 Å². The summed E-state index contributed by atoms with van der Waals surface area (Å²) in [5.41, 5.74) is 8.31. The maximum absolute atomic E-state index is 11.3. The summed E-state index contributed by atoms with van der Waals surface area (Å²) in [6, 6.07) is 3.64. The van der Waals surface area contributed by atoms with Crippen molar-refractivity contribution in [2.45, 2.75) is 20.3 Å². The summed E-state index contributed by atoms with van der Waals surface area (Å²) < 4.78 is 5.76. The average molecular weight is 272 g/mol. The lowest BCUT2D eigenvalue weighted by molar-refractivity contribution is -0.142. The van der Waals surface area contributed by atoms with Crippen LogP contribution in [-0.4, -0.2) is 12.6 Å². The number of anilines is 1. The van der Waals surface area contributed by atoms with Crippen LogP contribution in [0.4, 0.5) is 5.69 Å². The molecule has 0 radical (unpaired) electrons. The van der Waals surface area contributed by atoms with Crippen molar-refractivity contribution in [2.24, 2.45) is 0 Å². The zero-order valence-electron chi connectivity index (χ0n) is 8.84.